The minimum Gasteiger partial charge on any atom is -0.352 e. The number of aryl methyl sites for hydroxylation is 1. The van der Waals surface area contributed by atoms with Crippen LogP contribution in [0.4, 0.5) is 4.39 Å². The number of halogens is 1. The highest BCUT2D eigenvalue weighted by Crippen LogP contribution is 2.19. The number of unbranched alkanes of at least 4 members (excludes halogenated alkanes) is 2. The van der Waals surface area contributed by atoms with E-state index in [4.69, 9.17) is 4.98 Å². The van der Waals surface area contributed by atoms with E-state index < -0.39 is 5.82 Å². The molecule has 5 heteroatoms. The van der Waals surface area contributed by atoms with E-state index in [0.717, 1.165) is 49.1 Å². The van der Waals surface area contributed by atoms with E-state index in [-0.39, 0.29) is 11.5 Å². The van der Waals surface area contributed by atoms with Gasteiger partial charge in [0.2, 0.25) is 0 Å². The second kappa shape index (κ2) is 10.0. The molecule has 1 heterocycles. The molecule has 31 heavy (non-hydrogen) atoms. The Morgan fingerprint density at radius 3 is 2.45 bits per heavy atom. The lowest BCUT2D eigenvalue weighted by atomic mass is 10.1. The SMILES string of the molecule is O=C(NCCCCCc1nc2ccccc2n1Cc1ccccc1)c1ccccc1F. The predicted octanol–water partition coefficient (Wildman–Crippen LogP) is 5.37. The zero-order valence-electron chi connectivity index (χ0n) is 17.4. The van der Waals surface area contributed by atoms with Crippen LogP contribution in [0.1, 0.15) is 41.0 Å². The molecule has 0 fully saturated rings. The molecule has 0 bridgehead atoms. The van der Waals surface area contributed by atoms with Crippen molar-refractivity contribution in [1.29, 1.82) is 0 Å². The van der Waals surface area contributed by atoms with Crippen molar-refractivity contribution < 1.29 is 9.18 Å². The third-order valence-corrected chi connectivity index (χ3v) is 5.40. The lowest BCUT2D eigenvalue weighted by Crippen LogP contribution is -2.25. The Bertz CT molecular complexity index is 1150. The van der Waals surface area contributed by atoms with E-state index in [9.17, 15) is 9.18 Å². The number of benzene rings is 3. The molecule has 4 rings (SSSR count). The van der Waals surface area contributed by atoms with Gasteiger partial charge in [-0.05, 0) is 42.7 Å². The Kier molecular flexibility index (Phi) is 6.72. The Labute approximate surface area is 181 Å². The zero-order chi connectivity index (χ0) is 21.5. The quantitative estimate of drug-likeness (QED) is 0.374. The summed E-state index contributed by atoms with van der Waals surface area (Å²) in [4.78, 5) is 16.9. The van der Waals surface area contributed by atoms with Crippen molar-refractivity contribution in [1.82, 2.24) is 14.9 Å². The van der Waals surface area contributed by atoms with Gasteiger partial charge in [-0.25, -0.2) is 9.37 Å². The van der Waals surface area contributed by atoms with E-state index in [1.807, 2.05) is 18.2 Å². The lowest BCUT2D eigenvalue weighted by molar-refractivity contribution is 0.0949. The van der Waals surface area contributed by atoms with Gasteiger partial charge in [0.25, 0.3) is 5.91 Å². The molecule has 0 spiro atoms. The van der Waals surface area contributed by atoms with Crippen molar-refractivity contribution in [2.45, 2.75) is 32.2 Å². The van der Waals surface area contributed by atoms with Crippen molar-refractivity contribution >= 4 is 16.9 Å². The van der Waals surface area contributed by atoms with Crippen LogP contribution >= 0.6 is 0 Å². The van der Waals surface area contributed by atoms with Crippen LogP contribution in [0.3, 0.4) is 0 Å². The van der Waals surface area contributed by atoms with Crippen molar-refractivity contribution in [3.8, 4) is 0 Å². The van der Waals surface area contributed by atoms with Crippen LogP contribution in [0.15, 0.2) is 78.9 Å². The van der Waals surface area contributed by atoms with Gasteiger partial charge in [0.1, 0.15) is 11.6 Å². The number of imidazole rings is 1. The maximum atomic E-state index is 13.7. The van der Waals surface area contributed by atoms with E-state index in [0.29, 0.717) is 6.54 Å². The molecule has 1 N–H and O–H groups in total. The monoisotopic (exact) mass is 415 g/mol. The summed E-state index contributed by atoms with van der Waals surface area (Å²) in [6.45, 7) is 1.34. The third-order valence-electron chi connectivity index (χ3n) is 5.40. The first-order chi connectivity index (χ1) is 15.2. The van der Waals surface area contributed by atoms with Gasteiger partial charge in [0.05, 0.1) is 16.6 Å². The molecular weight excluding hydrogens is 389 g/mol. The highest BCUT2D eigenvalue weighted by molar-refractivity contribution is 5.94. The van der Waals surface area contributed by atoms with E-state index in [1.54, 1.807) is 12.1 Å². The summed E-state index contributed by atoms with van der Waals surface area (Å²) in [5, 5.41) is 2.80. The summed E-state index contributed by atoms with van der Waals surface area (Å²) in [5.74, 6) is 0.237. The number of nitrogens with one attached hydrogen (secondary N) is 1. The highest BCUT2D eigenvalue weighted by atomic mass is 19.1. The molecule has 1 amide bonds. The molecule has 4 nitrogen and oxygen atoms in total. The molecule has 0 saturated carbocycles. The van der Waals surface area contributed by atoms with Crippen LogP contribution < -0.4 is 5.32 Å². The first-order valence-electron chi connectivity index (χ1n) is 10.7. The van der Waals surface area contributed by atoms with Gasteiger partial charge in [-0.1, -0.05) is 61.0 Å². The number of carbonyl (C=O) groups is 1. The largest absolute Gasteiger partial charge is 0.352 e. The highest BCUT2D eigenvalue weighted by Gasteiger charge is 2.12. The summed E-state index contributed by atoms with van der Waals surface area (Å²) in [6.07, 6.45) is 3.67. The van der Waals surface area contributed by atoms with Gasteiger partial charge >= 0.3 is 0 Å². The van der Waals surface area contributed by atoms with Crippen LogP contribution in [0.5, 0.6) is 0 Å². The topological polar surface area (TPSA) is 46.9 Å². The van der Waals surface area contributed by atoms with E-state index in [2.05, 4.69) is 46.3 Å². The summed E-state index contributed by atoms with van der Waals surface area (Å²) in [5.41, 5.74) is 3.52. The molecule has 4 aromatic rings. The van der Waals surface area contributed by atoms with Gasteiger partial charge in [0.15, 0.2) is 0 Å². The van der Waals surface area contributed by atoms with Crippen molar-refractivity contribution in [3.05, 3.63) is 102 Å². The van der Waals surface area contributed by atoms with Crippen LogP contribution in [0.2, 0.25) is 0 Å². The van der Waals surface area contributed by atoms with Gasteiger partial charge in [-0.2, -0.15) is 0 Å². The molecular formula is C26H26FN3O. The fraction of sp³-hybridized carbons (Fsp3) is 0.231. The Balaban J connectivity index is 1.31. The molecule has 0 unspecified atom stereocenters. The second-order valence-electron chi connectivity index (χ2n) is 7.63. The predicted molar refractivity (Wildman–Crippen MR) is 122 cm³/mol. The van der Waals surface area contributed by atoms with Crippen LogP contribution in [0.25, 0.3) is 11.0 Å². The number of amides is 1. The molecule has 0 aliphatic carbocycles. The number of aromatic nitrogens is 2. The molecule has 0 radical (unpaired) electrons. The van der Waals surface area contributed by atoms with Gasteiger partial charge < -0.3 is 9.88 Å². The van der Waals surface area contributed by atoms with Crippen LogP contribution in [-0.4, -0.2) is 22.0 Å². The Hall–Kier alpha value is -3.47. The molecule has 0 aliphatic rings. The maximum Gasteiger partial charge on any atom is 0.254 e. The number of hydrogen-bond donors (Lipinski definition) is 1. The number of fused-ring (bicyclic) bond motifs is 1. The number of carbonyl (C=O) groups excluding carboxylic acids is 1. The molecule has 0 aliphatic heterocycles. The number of nitrogens with zero attached hydrogens (tertiary/aromatic N) is 2. The maximum absolute atomic E-state index is 13.7. The standard InChI is InChI=1S/C26H26FN3O/c27-22-14-7-6-13-21(22)26(31)28-18-10-2-5-17-25-29-23-15-8-9-16-24(23)30(25)19-20-11-3-1-4-12-20/h1,3-4,6-9,11-16H,2,5,10,17-19H2,(H,28,31). The number of hydrogen-bond acceptors (Lipinski definition) is 2. The Morgan fingerprint density at radius 1 is 0.871 bits per heavy atom. The first-order valence-corrected chi connectivity index (χ1v) is 10.7. The van der Waals surface area contributed by atoms with E-state index in [1.165, 1.54) is 17.7 Å². The Morgan fingerprint density at radius 2 is 1.61 bits per heavy atom. The normalized spacial score (nSPS) is 11.0. The fourth-order valence-electron chi connectivity index (χ4n) is 3.79. The van der Waals surface area contributed by atoms with Crippen molar-refractivity contribution in [2.24, 2.45) is 0 Å². The number of rotatable bonds is 9. The first kappa shape index (κ1) is 20.8. The average Bonchev–Trinajstić information content (AvgIpc) is 3.14. The van der Waals surface area contributed by atoms with Crippen LogP contribution in [0, 0.1) is 5.82 Å². The summed E-state index contributed by atoms with van der Waals surface area (Å²) in [7, 11) is 0. The van der Waals surface area contributed by atoms with Gasteiger partial charge in [-0.15, -0.1) is 0 Å². The fourth-order valence-corrected chi connectivity index (χ4v) is 3.79. The molecule has 3 aromatic carbocycles. The molecule has 158 valence electrons. The summed E-state index contributed by atoms with van der Waals surface area (Å²) < 4.78 is 16.0. The summed E-state index contributed by atoms with van der Waals surface area (Å²) >= 11 is 0. The van der Waals surface area contributed by atoms with Crippen LogP contribution in [-0.2, 0) is 13.0 Å². The van der Waals surface area contributed by atoms with E-state index >= 15 is 0 Å². The zero-order valence-corrected chi connectivity index (χ0v) is 17.4. The minimum absolute atomic E-state index is 0.0946. The average molecular weight is 416 g/mol. The molecule has 0 saturated heterocycles. The summed E-state index contributed by atoms with van der Waals surface area (Å²) in [6, 6.07) is 24.7. The van der Waals surface area contributed by atoms with Crippen molar-refractivity contribution in [2.75, 3.05) is 6.54 Å². The van der Waals surface area contributed by atoms with Gasteiger partial charge in [0, 0.05) is 19.5 Å². The molecule has 1 aromatic heterocycles. The molecule has 0 atom stereocenters. The van der Waals surface area contributed by atoms with Gasteiger partial charge in [-0.3, -0.25) is 4.79 Å². The lowest BCUT2D eigenvalue weighted by Gasteiger charge is -2.10. The third kappa shape index (κ3) is 5.18. The second-order valence-corrected chi connectivity index (χ2v) is 7.63. The smallest absolute Gasteiger partial charge is 0.254 e. The minimum atomic E-state index is -0.489. The number of para-hydroxylation sites is 2. The van der Waals surface area contributed by atoms with Crippen molar-refractivity contribution in [3.63, 3.8) is 0 Å².